The van der Waals surface area contributed by atoms with Crippen LogP contribution in [0.25, 0.3) is 0 Å². The van der Waals surface area contributed by atoms with E-state index in [1.54, 1.807) is 0 Å². The Bertz CT molecular complexity index is 334. The number of hydrogen-bond acceptors (Lipinski definition) is 2. The van der Waals surface area contributed by atoms with Crippen molar-refractivity contribution in [2.45, 2.75) is 58.9 Å². The van der Waals surface area contributed by atoms with Gasteiger partial charge in [-0.15, -0.1) is 0 Å². The third-order valence-electron chi connectivity index (χ3n) is 3.32. The van der Waals surface area contributed by atoms with Crippen molar-refractivity contribution in [3.63, 3.8) is 0 Å². The summed E-state index contributed by atoms with van der Waals surface area (Å²) >= 11 is 0. The van der Waals surface area contributed by atoms with Crippen LogP contribution in [0, 0.1) is 6.92 Å². The Balaban J connectivity index is 2.09. The molecular formula is C16H28N2. The molecular weight excluding hydrogens is 220 g/mol. The molecule has 0 spiro atoms. The normalized spacial score (nSPS) is 10.8. The zero-order valence-electron chi connectivity index (χ0n) is 12.0. The van der Waals surface area contributed by atoms with Crippen LogP contribution in [0.2, 0.25) is 0 Å². The fraction of sp³-hybridized carbons (Fsp3) is 0.625. The third kappa shape index (κ3) is 6.06. The van der Waals surface area contributed by atoms with Gasteiger partial charge in [-0.25, -0.2) is 0 Å². The van der Waals surface area contributed by atoms with Crippen LogP contribution in [0.4, 0.5) is 5.69 Å². The highest BCUT2D eigenvalue weighted by atomic mass is 14.8. The highest BCUT2D eigenvalue weighted by molar-refractivity contribution is 5.48. The van der Waals surface area contributed by atoms with Crippen molar-refractivity contribution in [3.8, 4) is 0 Å². The smallest absolute Gasteiger partial charge is 0.0359 e. The molecule has 2 heteroatoms. The summed E-state index contributed by atoms with van der Waals surface area (Å²) in [5.74, 6) is 0. The minimum Gasteiger partial charge on any atom is -0.398 e. The molecule has 1 aromatic rings. The molecule has 1 rings (SSSR count). The Hall–Kier alpha value is -1.02. The lowest BCUT2D eigenvalue weighted by Crippen LogP contribution is -2.15. The minimum atomic E-state index is 0.891. The summed E-state index contributed by atoms with van der Waals surface area (Å²) in [7, 11) is 0. The molecule has 0 heterocycles. The van der Waals surface area contributed by atoms with Gasteiger partial charge in [-0.1, -0.05) is 56.7 Å². The number of benzene rings is 1. The van der Waals surface area contributed by atoms with Gasteiger partial charge in [0.1, 0.15) is 0 Å². The minimum absolute atomic E-state index is 0.891. The summed E-state index contributed by atoms with van der Waals surface area (Å²) < 4.78 is 0. The lowest BCUT2D eigenvalue weighted by atomic mass is 10.1. The molecule has 3 N–H and O–H groups in total. The average molecular weight is 248 g/mol. The third-order valence-corrected chi connectivity index (χ3v) is 3.32. The van der Waals surface area contributed by atoms with Crippen molar-refractivity contribution in [2.24, 2.45) is 0 Å². The molecule has 1 aromatic carbocycles. The van der Waals surface area contributed by atoms with E-state index in [-0.39, 0.29) is 0 Å². The van der Waals surface area contributed by atoms with E-state index in [1.807, 2.05) is 6.07 Å². The Labute approximate surface area is 112 Å². The number of nitrogen functional groups attached to an aromatic ring is 1. The van der Waals surface area contributed by atoms with E-state index in [0.29, 0.717) is 0 Å². The molecule has 0 amide bonds. The summed E-state index contributed by atoms with van der Waals surface area (Å²) in [4.78, 5) is 0. The van der Waals surface area contributed by atoms with E-state index in [4.69, 9.17) is 5.73 Å². The van der Waals surface area contributed by atoms with Crippen molar-refractivity contribution >= 4 is 5.69 Å². The van der Waals surface area contributed by atoms with Gasteiger partial charge in [0.2, 0.25) is 0 Å². The highest BCUT2D eigenvalue weighted by Gasteiger charge is 1.98. The van der Waals surface area contributed by atoms with Crippen LogP contribution in [-0.2, 0) is 6.54 Å². The van der Waals surface area contributed by atoms with Gasteiger partial charge in [-0.3, -0.25) is 0 Å². The maximum absolute atomic E-state index is 5.95. The first-order chi connectivity index (χ1) is 8.74. The fourth-order valence-corrected chi connectivity index (χ4v) is 2.14. The van der Waals surface area contributed by atoms with Crippen LogP contribution in [0.5, 0.6) is 0 Å². The van der Waals surface area contributed by atoms with Crippen molar-refractivity contribution in [1.29, 1.82) is 0 Å². The maximum Gasteiger partial charge on any atom is 0.0359 e. The predicted octanol–water partition coefficient (Wildman–Crippen LogP) is 4.03. The predicted molar refractivity (Wildman–Crippen MR) is 80.7 cm³/mol. The number of unbranched alkanes of at least 4 members (excludes halogenated alkanes) is 5. The van der Waals surface area contributed by atoms with Gasteiger partial charge in [-0.05, 0) is 31.5 Å². The monoisotopic (exact) mass is 248 g/mol. The first-order valence-electron chi connectivity index (χ1n) is 7.29. The number of nitrogens with two attached hydrogens (primary N) is 1. The lowest BCUT2D eigenvalue weighted by Gasteiger charge is -2.08. The molecule has 0 saturated carbocycles. The Morgan fingerprint density at radius 2 is 1.78 bits per heavy atom. The van der Waals surface area contributed by atoms with Gasteiger partial charge in [0.05, 0.1) is 0 Å². The molecule has 0 unspecified atom stereocenters. The van der Waals surface area contributed by atoms with Crippen LogP contribution in [0.3, 0.4) is 0 Å². The van der Waals surface area contributed by atoms with E-state index < -0.39 is 0 Å². The molecule has 0 fully saturated rings. The van der Waals surface area contributed by atoms with Gasteiger partial charge in [-0.2, -0.15) is 0 Å². The van der Waals surface area contributed by atoms with Crippen LogP contribution < -0.4 is 11.1 Å². The zero-order valence-corrected chi connectivity index (χ0v) is 12.0. The van der Waals surface area contributed by atoms with Crippen molar-refractivity contribution in [1.82, 2.24) is 5.32 Å². The van der Waals surface area contributed by atoms with E-state index in [1.165, 1.54) is 49.7 Å². The summed E-state index contributed by atoms with van der Waals surface area (Å²) in [6.07, 6.45) is 8.09. The van der Waals surface area contributed by atoms with E-state index in [0.717, 1.165) is 18.8 Å². The van der Waals surface area contributed by atoms with Crippen molar-refractivity contribution in [2.75, 3.05) is 12.3 Å². The second-order valence-electron chi connectivity index (χ2n) is 5.15. The molecule has 102 valence electrons. The maximum atomic E-state index is 5.95. The number of rotatable bonds is 9. The first kappa shape index (κ1) is 15.0. The van der Waals surface area contributed by atoms with E-state index in [2.05, 4.69) is 31.3 Å². The fourth-order valence-electron chi connectivity index (χ4n) is 2.14. The highest BCUT2D eigenvalue weighted by Crippen LogP contribution is 2.13. The molecule has 0 aliphatic rings. The quantitative estimate of drug-likeness (QED) is 0.511. The summed E-state index contributed by atoms with van der Waals surface area (Å²) in [6, 6.07) is 6.23. The van der Waals surface area contributed by atoms with Gasteiger partial charge in [0.25, 0.3) is 0 Å². The van der Waals surface area contributed by atoms with Gasteiger partial charge >= 0.3 is 0 Å². The molecule has 0 aromatic heterocycles. The van der Waals surface area contributed by atoms with Gasteiger partial charge < -0.3 is 11.1 Å². The van der Waals surface area contributed by atoms with Crippen LogP contribution in [-0.4, -0.2) is 6.54 Å². The second-order valence-corrected chi connectivity index (χ2v) is 5.15. The molecule has 0 radical (unpaired) electrons. The van der Waals surface area contributed by atoms with Gasteiger partial charge in [0, 0.05) is 12.2 Å². The molecule has 0 aliphatic carbocycles. The largest absolute Gasteiger partial charge is 0.398 e. The van der Waals surface area contributed by atoms with E-state index >= 15 is 0 Å². The SMILES string of the molecule is CCCCCCCCNCc1cc(C)ccc1N. The number of aryl methyl sites for hydroxylation is 1. The van der Waals surface area contributed by atoms with Crippen molar-refractivity contribution < 1.29 is 0 Å². The first-order valence-corrected chi connectivity index (χ1v) is 7.29. The van der Waals surface area contributed by atoms with E-state index in [9.17, 15) is 0 Å². The Kier molecular flexibility index (Phi) is 7.51. The standard InChI is InChI=1S/C16H28N2/c1-3-4-5-6-7-8-11-18-13-15-12-14(2)9-10-16(15)17/h9-10,12,18H,3-8,11,13,17H2,1-2H3. The molecule has 0 aliphatic heterocycles. The lowest BCUT2D eigenvalue weighted by molar-refractivity contribution is 0.572. The van der Waals surface area contributed by atoms with Crippen LogP contribution in [0.1, 0.15) is 56.6 Å². The Morgan fingerprint density at radius 1 is 1.06 bits per heavy atom. The summed E-state index contributed by atoms with van der Waals surface area (Å²) in [6.45, 7) is 6.35. The molecule has 18 heavy (non-hydrogen) atoms. The number of hydrogen-bond donors (Lipinski definition) is 2. The van der Waals surface area contributed by atoms with Gasteiger partial charge in [0.15, 0.2) is 0 Å². The zero-order chi connectivity index (χ0) is 13.2. The molecule has 2 nitrogen and oxygen atoms in total. The Morgan fingerprint density at radius 3 is 2.56 bits per heavy atom. The molecule has 0 atom stereocenters. The van der Waals surface area contributed by atoms with Crippen LogP contribution in [0.15, 0.2) is 18.2 Å². The topological polar surface area (TPSA) is 38.0 Å². The molecule has 0 bridgehead atoms. The number of anilines is 1. The van der Waals surface area contributed by atoms with Crippen LogP contribution >= 0.6 is 0 Å². The second kappa shape index (κ2) is 8.98. The summed E-state index contributed by atoms with van der Waals surface area (Å²) in [5, 5.41) is 3.48. The summed E-state index contributed by atoms with van der Waals surface area (Å²) in [5.41, 5.74) is 9.35. The average Bonchev–Trinajstić information content (AvgIpc) is 2.36. The van der Waals surface area contributed by atoms with Crippen molar-refractivity contribution in [3.05, 3.63) is 29.3 Å². The number of nitrogens with one attached hydrogen (secondary N) is 1. The molecule has 0 saturated heterocycles.